The van der Waals surface area contributed by atoms with Crippen molar-refractivity contribution in [3.63, 3.8) is 0 Å². The van der Waals surface area contributed by atoms with Crippen LogP contribution in [0.3, 0.4) is 0 Å². The quantitative estimate of drug-likeness (QED) is 0.477. The van der Waals surface area contributed by atoms with E-state index in [1.165, 1.54) is 10.8 Å². The van der Waals surface area contributed by atoms with Gasteiger partial charge < -0.3 is 4.42 Å². The van der Waals surface area contributed by atoms with E-state index in [4.69, 9.17) is 10.3 Å². The van der Waals surface area contributed by atoms with E-state index in [-0.39, 0.29) is 24.0 Å². The van der Waals surface area contributed by atoms with Gasteiger partial charge in [0.2, 0.25) is 0 Å². The molecule has 2 heterocycles. The van der Waals surface area contributed by atoms with Gasteiger partial charge in [-0.25, -0.2) is 10.6 Å². The molecule has 0 saturated heterocycles. The number of carbonyl (C=O) groups excluding carboxylic acids is 1. The minimum absolute atomic E-state index is 0.0879. The number of hydrogen-bond donors (Lipinski definition) is 2. The van der Waals surface area contributed by atoms with Crippen LogP contribution < -0.4 is 17.0 Å². The van der Waals surface area contributed by atoms with Crippen molar-refractivity contribution in [2.45, 2.75) is 26.4 Å². The van der Waals surface area contributed by atoms with Crippen molar-refractivity contribution in [2.24, 2.45) is 5.84 Å². The fourth-order valence-electron chi connectivity index (χ4n) is 1.85. The predicted molar refractivity (Wildman–Crippen MR) is 68.5 cm³/mol. The molecule has 2 aromatic heterocycles. The molecular weight excluding hydrogens is 248 g/mol. The van der Waals surface area contributed by atoms with Crippen LogP contribution in [0.15, 0.2) is 33.9 Å². The molecular formula is C12H16N4O3. The summed E-state index contributed by atoms with van der Waals surface area (Å²) in [6.07, 6.45) is 4.79. The molecule has 0 aliphatic carbocycles. The standard InChI is InChI=1S/C12H16N4O3/c1-8(2)16-5-4-15(12(16)18)7-9-3-6-19-10(9)11(17)14-13/h3-6,8H,7,13H2,1-2H3,(H,14,17). The first-order valence-corrected chi connectivity index (χ1v) is 5.89. The van der Waals surface area contributed by atoms with Gasteiger partial charge in [0.05, 0.1) is 12.8 Å². The minimum Gasteiger partial charge on any atom is -0.459 e. The summed E-state index contributed by atoms with van der Waals surface area (Å²) < 4.78 is 8.20. The largest absolute Gasteiger partial charge is 0.459 e. The zero-order chi connectivity index (χ0) is 14.0. The number of nitrogens with two attached hydrogens (primary N) is 1. The van der Waals surface area contributed by atoms with Gasteiger partial charge in [0.25, 0.3) is 0 Å². The highest BCUT2D eigenvalue weighted by molar-refractivity contribution is 5.92. The maximum atomic E-state index is 12.1. The second-order valence-corrected chi connectivity index (χ2v) is 4.46. The van der Waals surface area contributed by atoms with Gasteiger partial charge in [0.1, 0.15) is 0 Å². The summed E-state index contributed by atoms with van der Waals surface area (Å²) in [5.41, 5.74) is 2.48. The molecule has 0 fully saturated rings. The van der Waals surface area contributed by atoms with E-state index in [0.29, 0.717) is 5.56 Å². The molecule has 19 heavy (non-hydrogen) atoms. The Morgan fingerprint density at radius 3 is 2.79 bits per heavy atom. The summed E-state index contributed by atoms with van der Waals surface area (Å²) in [5.74, 6) is 4.67. The molecule has 0 aliphatic rings. The summed E-state index contributed by atoms with van der Waals surface area (Å²) in [7, 11) is 0. The number of furan rings is 1. The van der Waals surface area contributed by atoms with Crippen molar-refractivity contribution in [1.82, 2.24) is 14.6 Å². The van der Waals surface area contributed by atoms with Crippen molar-refractivity contribution in [3.05, 3.63) is 46.5 Å². The molecule has 2 aromatic rings. The zero-order valence-electron chi connectivity index (χ0n) is 10.8. The number of aromatic nitrogens is 2. The van der Waals surface area contributed by atoms with Crippen LogP contribution in [0, 0.1) is 0 Å². The SMILES string of the molecule is CC(C)n1ccn(Cc2ccoc2C(=O)NN)c1=O. The molecule has 1 amide bonds. The lowest BCUT2D eigenvalue weighted by molar-refractivity contribution is 0.0924. The Bertz CT molecular complexity index is 635. The Morgan fingerprint density at radius 2 is 2.21 bits per heavy atom. The second kappa shape index (κ2) is 5.15. The molecule has 0 bridgehead atoms. The number of carbonyl (C=O) groups is 1. The number of hydrazine groups is 1. The zero-order valence-corrected chi connectivity index (χ0v) is 10.8. The predicted octanol–water partition coefficient (Wildman–Crippen LogP) is 0.475. The fourth-order valence-corrected chi connectivity index (χ4v) is 1.85. The smallest absolute Gasteiger partial charge is 0.328 e. The Labute approximate surface area is 109 Å². The van der Waals surface area contributed by atoms with Gasteiger partial charge in [-0.2, -0.15) is 0 Å². The van der Waals surface area contributed by atoms with Crippen LogP contribution in [0.5, 0.6) is 0 Å². The molecule has 2 rings (SSSR count). The summed E-state index contributed by atoms with van der Waals surface area (Å²) in [6.45, 7) is 4.12. The first kappa shape index (κ1) is 13.2. The summed E-state index contributed by atoms with van der Waals surface area (Å²) in [6, 6.07) is 1.73. The third-order valence-corrected chi connectivity index (χ3v) is 2.85. The average Bonchev–Trinajstić information content (AvgIpc) is 2.97. The number of nitrogens with zero attached hydrogens (tertiary/aromatic N) is 2. The molecule has 0 atom stereocenters. The molecule has 0 saturated carbocycles. The van der Waals surface area contributed by atoms with E-state index >= 15 is 0 Å². The lowest BCUT2D eigenvalue weighted by Crippen LogP contribution is -2.31. The van der Waals surface area contributed by atoms with Crippen LogP contribution in [-0.4, -0.2) is 15.0 Å². The third-order valence-electron chi connectivity index (χ3n) is 2.85. The molecule has 7 nitrogen and oxygen atoms in total. The van der Waals surface area contributed by atoms with Crippen molar-refractivity contribution >= 4 is 5.91 Å². The number of hydrogen-bond acceptors (Lipinski definition) is 4. The third kappa shape index (κ3) is 2.45. The maximum Gasteiger partial charge on any atom is 0.328 e. The van der Waals surface area contributed by atoms with Crippen LogP contribution in [0.2, 0.25) is 0 Å². The van der Waals surface area contributed by atoms with E-state index in [0.717, 1.165) is 0 Å². The molecule has 0 spiro atoms. The van der Waals surface area contributed by atoms with Gasteiger partial charge in [0, 0.05) is 24.0 Å². The number of imidazole rings is 1. The van der Waals surface area contributed by atoms with Crippen LogP contribution >= 0.6 is 0 Å². The topological polar surface area (TPSA) is 95.2 Å². The highest BCUT2D eigenvalue weighted by atomic mass is 16.3. The Hall–Kier alpha value is -2.28. The van der Waals surface area contributed by atoms with Crippen LogP contribution in [0.1, 0.15) is 36.0 Å². The van der Waals surface area contributed by atoms with Crippen molar-refractivity contribution < 1.29 is 9.21 Å². The molecule has 7 heteroatoms. The van der Waals surface area contributed by atoms with Gasteiger partial charge in [-0.05, 0) is 19.9 Å². The van der Waals surface area contributed by atoms with Crippen LogP contribution in [0.25, 0.3) is 0 Å². The van der Waals surface area contributed by atoms with E-state index in [2.05, 4.69) is 0 Å². The molecule has 102 valence electrons. The number of rotatable bonds is 4. The molecule has 0 radical (unpaired) electrons. The van der Waals surface area contributed by atoms with Gasteiger partial charge >= 0.3 is 11.6 Å². The van der Waals surface area contributed by atoms with Crippen LogP contribution in [-0.2, 0) is 6.54 Å². The fraction of sp³-hybridized carbons (Fsp3) is 0.333. The van der Waals surface area contributed by atoms with Gasteiger partial charge in [-0.1, -0.05) is 0 Å². The van der Waals surface area contributed by atoms with E-state index in [1.807, 2.05) is 19.3 Å². The molecule has 0 aliphatic heterocycles. The van der Waals surface area contributed by atoms with E-state index < -0.39 is 5.91 Å². The summed E-state index contributed by atoms with van der Waals surface area (Å²) in [5, 5.41) is 0. The monoisotopic (exact) mass is 264 g/mol. The van der Waals surface area contributed by atoms with Gasteiger partial charge in [-0.3, -0.25) is 19.4 Å². The van der Waals surface area contributed by atoms with Crippen molar-refractivity contribution in [2.75, 3.05) is 0 Å². The number of nitrogen functional groups attached to an aromatic ring is 1. The lowest BCUT2D eigenvalue weighted by Gasteiger charge is -2.05. The Balaban J connectivity index is 2.30. The number of amides is 1. The number of nitrogens with one attached hydrogen (secondary N) is 1. The first-order valence-electron chi connectivity index (χ1n) is 5.89. The highest BCUT2D eigenvalue weighted by Crippen LogP contribution is 2.11. The highest BCUT2D eigenvalue weighted by Gasteiger charge is 2.16. The van der Waals surface area contributed by atoms with Crippen molar-refractivity contribution in [1.29, 1.82) is 0 Å². The molecule has 0 aromatic carbocycles. The average molecular weight is 264 g/mol. The van der Waals surface area contributed by atoms with E-state index in [9.17, 15) is 9.59 Å². The normalized spacial score (nSPS) is 10.9. The van der Waals surface area contributed by atoms with Crippen molar-refractivity contribution in [3.8, 4) is 0 Å². The Morgan fingerprint density at radius 1 is 1.47 bits per heavy atom. The first-order chi connectivity index (χ1) is 9.04. The van der Waals surface area contributed by atoms with Gasteiger partial charge in [0.15, 0.2) is 5.76 Å². The van der Waals surface area contributed by atoms with E-state index in [1.54, 1.807) is 23.0 Å². The van der Waals surface area contributed by atoms with Gasteiger partial charge in [-0.15, -0.1) is 0 Å². The van der Waals surface area contributed by atoms with Crippen LogP contribution in [0.4, 0.5) is 0 Å². The second-order valence-electron chi connectivity index (χ2n) is 4.46. The molecule has 0 unspecified atom stereocenters. The minimum atomic E-state index is -0.517. The summed E-state index contributed by atoms with van der Waals surface area (Å²) in [4.78, 5) is 23.5. The molecule has 3 N–H and O–H groups in total. The Kier molecular flexibility index (Phi) is 3.57. The maximum absolute atomic E-state index is 12.1. The summed E-state index contributed by atoms with van der Waals surface area (Å²) >= 11 is 0. The lowest BCUT2D eigenvalue weighted by atomic mass is 10.2.